The molecule has 4 nitrogen and oxygen atoms in total. The molecule has 1 fully saturated rings. The Labute approximate surface area is 78.8 Å². The Bertz CT molecular complexity index is 209. The molecule has 1 saturated carbocycles. The van der Waals surface area contributed by atoms with E-state index in [4.69, 9.17) is 0 Å². The molecule has 4 heteroatoms. The summed E-state index contributed by atoms with van der Waals surface area (Å²) in [4.78, 5) is 10.9. The average Bonchev–Trinajstić information content (AvgIpc) is 1.98. The van der Waals surface area contributed by atoms with Gasteiger partial charge < -0.3 is 5.32 Å². The molecule has 1 rings (SSSR count). The van der Waals surface area contributed by atoms with Crippen LogP contribution in [0, 0.1) is 5.92 Å². The lowest BCUT2D eigenvalue weighted by Gasteiger charge is -2.24. The van der Waals surface area contributed by atoms with E-state index in [1.165, 1.54) is 19.3 Å². The van der Waals surface area contributed by atoms with Gasteiger partial charge in [0.15, 0.2) is 0 Å². The SMILES string of the molecule is CCNC(=O)N/N=C(\C)C1CCC1. The molecular formula is C9H17N3O. The summed E-state index contributed by atoms with van der Waals surface area (Å²) in [7, 11) is 0. The highest BCUT2D eigenvalue weighted by atomic mass is 16.2. The maximum absolute atomic E-state index is 10.9. The van der Waals surface area contributed by atoms with Crippen molar-refractivity contribution in [2.75, 3.05) is 6.54 Å². The van der Waals surface area contributed by atoms with Crippen molar-refractivity contribution in [2.45, 2.75) is 33.1 Å². The molecule has 0 bridgehead atoms. The minimum absolute atomic E-state index is 0.221. The summed E-state index contributed by atoms with van der Waals surface area (Å²) in [6.45, 7) is 4.47. The summed E-state index contributed by atoms with van der Waals surface area (Å²) in [5.41, 5.74) is 3.51. The normalized spacial score (nSPS) is 17.8. The molecule has 2 amide bonds. The van der Waals surface area contributed by atoms with E-state index in [9.17, 15) is 4.79 Å². The number of carbonyl (C=O) groups is 1. The van der Waals surface area contributed by atoms with Gasteiger partial charge in [0.05, 0.1) is 0 Å². The largest absolute Gasteiger partial charge is 0.337 e. The van der Waals surface area contributed by atoms with Gasteiger partial charge in [-0.3, -0.25) is 0 Å². The lowest BCUT2D eigenvalue weighted by molar-refractivity contribution is 0.241. The lowest BCUT2D eigenvalue weighted by atomic mass is 9.82. The van der Waals surface area contributed by atoms with Gasteiger partial charge in [0.2, 0.25) is 0 Å². The van der Waals surface area contributed by atoms with Crippen LogP contribution in [-0.2, 0) is 0 Å². The molecule has 0 aromatic heterocycles. The van der Waals surface area contributed by atoms with Crippen LogP contribution in [0.2, 0.25) is 0 Å². The number of nitrogens with zero attached hydrogens (tertiary/aromatic N) is 1. The van der Waals surface area contributed by atoms with E-state index in [0.29, 0.717) is 12.5 Å². The third-order valence-electron chi connectivity index (χ3n) is 2.37. The van der Waals surface area contributed by atoms with Crippen LogP contribution in [0.25, 0.3) is 0 Å². The minimum Gasteiger partial charge on any atom is -0.337 e. The van der Waals surface area contributed by atoms with Gasteiger partial charge in [-0.05, 0) is 32.6 Å². The van der Waals surface area contributed by atoms with Gasteiger partial charge in [-0.25, -0.2) is 10.2 Å². The highest BCUT2D eigenvalue weighted by Crippen LogP contribution is 2.27. The Hall–Kier alpha value is -1.06. The minimum atomic E-state index is -0.221. The first kappa shape index (κ1) is 10.0. The predicted octanol–water partition coefficient (Wildman–Crippen LogP) is 1.48. The van der Waals surface area contributed by atoms with Gasteiger partial charge >= 0.3 is 6.03 Å². The van der Waals surface area contributed by atoms with E-state index in [-0.39, 0.29) is 6.03 Å². The summed E-state index contributed by atoms with van der Waals surface area (Å²) < 4.78 is 0. The van der Waals surface area contributed by atoms with Crippen LogP contribution in [0.4, 0.5) is 4.79 Å². The van der Waals surface area contributed by atoms with Crippen molar-refractivity contribution in [3.05, 3.63) is 0 Å². The maximum atomic E-state index is 10.9. The zero-order chi connectivity index (χ0) is 9.68. The van der Waals surface area contributed by atoms with Gasteiger partial charge in [0, 0.05) is 12.3 Å². The third kappa shape index (κ3) is 3.05. The summed E-state index contributed by atoms with van der Waals surface area (Å²) in [5, 5.41) is 6.64. The van der Waals surface area contributed by atoms with E-state index in [2.05, 4.69) is 15.8 Å². The quantitative estimate of drug-likeness (QED) is 0.505. The number of nitrogens with one attached hydrogen (secondary N) is 2. The smallest absolute Gasteiger partial charge is 0.335 e. The molecule has 1 aliphatic rings. The summed E-state index contributed by atoms with van der Waals surface area (Å²) in [5.74, 6) is 0.599. The standard InChI is InChI=1S/C9H17N3O/c1-3-10-9(13)12-11-7(2)8-5-4-6-8/h8H,3-6H2,1-2H3,(H2,10,12,13)/b11-7+. The van der Waals surface area contributed by atoms with E-state index in [0.717, 1.165) is 5.71 Å². The Kier molecular flexibility index (Phi) is 3.73. The monoisotopic (exact) mass is 183 g/mol. The number of rotatable bonds is 3. The van der Waals surface area contributed by atoms with E-state index in [1.807, 2.05) is 13.8 Å². The second-order valence-corrected chi connectivity index (χ2v) is 3.35. The molecule has 2 N–H and O–H groups in total. The molecule has 13 heavy (non-hydrogen) atoms. The molecule has 74 valence electrons. The summed E-state index contributed by atoms with van der Waals surface area (Å²) in [6.07, 6.45) is 3.72. The fraction of sp³-hybridized carbons (Fsp3) is 0.778. The van der Waals surface area contributed by atoms with Crippen molar-refractivity contribution >= 4 is 11.7 Å². The van der Waals surface area contributed by atoms with Gasteiger partial charge in [0.1, 0.15) is 0 Å². The van der Waals surface area contributed by atoms with Crippen LogP contribution < -0.4 is 10.7 Å². The fourth-order valence-corrected chi connectivity index (χ4v) is 1.26. The second kappa shape index (κ2) is 4.84. The molecular weight excluding hydrogens is 166 g/mol. The molecule has 0 atom stereocenters. The molecule has 0 unspecified atom stereocenters. The second-order valence-electron chi connectivity index (χ2n) is 3.35. The van der Waals surface area contributed by atoms with Crippen molar-refractivity contribution < 1.29 is 4.79 Å². The van der Waals surface area contributed by atoms with Crippen LogP contribution in [-0.4, -0.2) is 18.3 Å². The average molecular weight is 183 g/mol. The Balaban J connectivity index is 2.25. The molecule has 0 saturated heterocycles. The number of hydrazone groups is 1. The molecule has 0 aromatic carbocycles. The highest BCUT2D eigenvalue weighted by molar-refractivity contribution is 5.86. The molecule has 0 heterocycles. The zero-order valence-corrected chi connectivity index (χ0v) is 8.26. The van der Waals surface area contributed by atoms with Crippen molar-refractivity contribution in [3.8, 4) is 0 Å². The number of urea groups is 1. The molecule has 0 aromatic rings. The van der Waals surface area contributed by atoms with Crippen LogP contribution >= 0.6 is 0 Å². The number of hydrogen-bond acceptors (Lipinski definition) is 2. The van der Waals surface area contributed by atoms with E-state index in [1.54, 1.807) is 0 Å². The number of carbonyl (C=O) groups excluding carboxylic acids is 1. The topological polar surface area (TPSA) is 53.5 Å². The zero-order valence-electron chi connectivity index (χ0n) is 8.26. The van der Waals surface area contributed by atoms with Gasteiger partial charge in [0.25, 0.3) is 0 Å². The maximum Gasteiger partial charge on any atom is 0.335 e. The van der Waals surface area contributed by atoms with Crippen LogP contribution in [0.15, 0.2) is 5.10 Å². The first-order valence-corrected chi connectivity index (χ1v) is 4.82. The van der Waals surface area contributed by atoms with Crippen molar-refractivity contribution in [3.63, 3.8) is 0 Å². The predicted molar refractivity (Wildman–Crippen MR) is 52.7 cm³/mol. The van der Waals surface area contributed by atoms with Crippen LogP contribution in [0.1, 0.15) is 33.1 Å². The van der Waals surface area contributed by atoms with Gasteiger partial charge in [-0.15, -0.1) is 0 Å². The summed E-state index contributed by atoms with van der Waals surface area (Å²) in [6, 6.07) is -0.221. The Morgan fingerprint density at radius 1 is 1.54 bits per heavy atom. The first-order chi connectivity index (χ1) is 6.24. The third-order valence-corrected chi connectivity index (χ3v) is 2.37. The Morgan fingerprint density at radius 2 is 2.23 bits per heavy atom. The highest BCUT2D eigenvalue weighted by Gasteiger charge is 2.20. The van der Waals surface area contributed by atoms with Crippen LogP contribution in [0.3, 0.4) is 0 Å². The summed E-state index contributed by atoms with van der Waals surface area (Å²) >= 11 is 0. The van der Waals surface area contributed by atoms with E-state index < -0.39 is 0 Å². The molecule has 0 radical (unpaired) electrons. The van der Waals surface area contributed by atoms with Gasteiger partial charge in [-0.1, -0.05) is 6.42 Å². The van der Waals surface area contributed by atoms with Gasteiger partial charge in [-0.2, -0.15) is 5.10 Å². The van der Waals surface area contributed by atoms with E-state index >= 15 is 0 Å². The fourth-order valence-electron chi connectivity index (χ4n) is 1.26. The van der Waals surface area contributed by atoms with Crippen molar-refractivity contribution in [1.82, 2.24) is 10.7 Å². The molecule has 0 spiro atoms. The van der Waals surface area contributed by atoms with Crippen LogP contribution in [0.5, 0.6) is 0 Å². The Morgan fingerprint density at radius 3 is 2.69 bits per heavy atom. The first-order valence-electron chi connectivity index (χ1n) is 4.82. The van der Waals surface area contributed by atoms with Crippen molar-refractivity contribution in [1.29, 1.82) is 0 Å². The lowest BCUT2D eigenvalue weighted by Crippen LogP contribution is -2.33. The molecule has 0 aliphatic heterocycles. The number of hydrogen-bond donors (Lipinski definition) is 2. The number of amides is 2. The molecule has 1 aliphatic carbocycles. The van der Waals surface area contributed by atoms with Crippen molar-refractivity contribution in [2.24, 2.45) is 11.0 Å².